The van der Waals surface area contributed by atoms with Gasteiger partial charge in [0.15, 0.2) is 0 Å². The Morgan fingerprint density at radius 1 is 0.440 bits per heavy atom. The van der Waals surface area contributed by atoms with E-state index in [2.05, 4.69) is 23.7 Å². The quantitative estimate of drug-likeness (QED) is 0.120. The molecule has 0 aromatic heterocycles. The molecule has 0 radical (unpaired) electrons. The van der Waals surface area contributed by atoms with Gasteiger partial charge in [0.2, 0.25) is 0 Å². The summed E-state index contributed by atoms with van der Waals surface area (Å²) in [5.41, 5.74) is 0. The molecular weight excluding hydrogens is 447 g/mol. The first kappa shape index (κ1) is 31.2. The van der Waals surface area contributed by atoms with E-state index in [0.29, 0.717) is 0 Å². The molecule has 0 heterocycles. The van der Waals surface area contributed by atoms with Crippen LogP contribution >= 0.6 is 0 Å². The average molecular weight is 495 g/mol. The third-order valence-electron chi connectivity index (χ3n) is 4.00. The first-order chi connectivity index (χ1) is 12.2. The van der Waals surface area contributed by atoms with Crippen molar-refractivity contribution >= 4 is 46.4 Å². The van der Waals surface area contributed by atoms with E-state index in [1.165, 1.54) is 103 Å². The molecule has 0 aromatic rings. The predicted molar refractivity (Wildman–Crippen MR) is 127 cm³/mol. The van der Waals surface area contributed by atoms with Gasteiger partial charge in [-0.15, -0.1) is 0 Å². The van der Waals surface area contributed by atoms with E-state index in [-0.39, 0.29) is 21.1 Å². The Balaban J connectivity index is -0.000000334. The van der Waals surface area contributed by atoms with Crippen LogP contribution in [0.2, 0.25) is 9.88 Å². The topological polar surface area (TPSA) is 0 Å². The van der Waals surface area contributed by atoms with Crippen molar-refractivity contribution in [3.63, 3.8) is 0 Å². The number of unbranched alkanes of at least 4 members (excludes halogenated alkanes) is 14. The van der Waals surface area contributed by atoms with E-state index in [1.807, 2.05) is 0 Å². The van der Waals surface area contributed by atoms with Gasteiger partial charge in [0, 0.05) is 0 Å². The molecule has 25 heavy (non-hydrogen) atoms. The van der Waals surface area contributed by atoms with Gasteiger partial charge in [-0.1, -0.05) is 117 Å². The monoisotopic (exact) mass is 496 g/mol. The normalized spacial score (nSPS) is 9.52. The molecule has 0 saturated carbocycles. The predicted octanol–water partition coefficient (Wildman–Crippen LogP) is 8.13. The molecular formula is C22H48S2Sn. The zero-order chi connectivity index (χ0) is 19.4. The van der Waals surface area contributed by atoms with Gasteiger partial charge in [0.1, 0.15) is 0 Å². The second kappa shape index (κ2) is 36.4. The minimum absolute atomic E-state index is 0.230. The van der Waals surface area contributed by atoms with Crippen LogP contribution in [0.4, 0.5) is 0 Å². The zero-order valence-corrected chi connectivity index (χ0v) is 22.5. The molecule has 0 unspecified atom stereocenters. The molecule has 0 rings (SSSR count). The second-order valence-corrected chi connectivity index (χ2v) is 10.5. The third-order valence-corrected chi connectivity index (χ3v) is 4.57. The summed E-state index contributed by atoms with van der Waals surface area (Å²) < 4.78 is 0. The van der Waals surface area contributed by atoms with Gasteiger partial charge in [0.25, 0.3) is 0 Å². The molecule has 152 valence electrons. The molecule has 0 N–H and O–H groups in total. The van der Waals surface area contributed by atoms with Gasteiger partial charge in [0.05, 0.1) is 0 Å². The van der Waals surface area contributed by atoms with Gasteiger partial charge in [-0.05, 0) is 0 Å². The summed E-state index contributed by atoms with van der Waals surface area (Å²) in [5.74, 6) is 1.91. The van der Waals surface area contributed by atoms with Crippen molar-refractivity contribution in [2.75, 3.05) is 11.5 Å². The summed E-state index contributed by atoms with van der Waals surface area (Å²) in [4.78, 5) is 4.59. The molecule has 3 heteroatoms. The van der Waals surface area contributed by atoms with Gasteiger partial charge in [-0.3, -0.25) is 0 Å². The van der Waals surface area contributed by atoms with Crippen molar-refractivity contribution < 1.29 is 0 Å². The first-order valence-electron chi connectivity index (χ1n) is 11.0. The fraction of sp³-hybridized carbons (Fsp3) is 1.00. The number of hydrogen-bond donors (Lipinski definition) is 0. The summed E-state index contributed by atoms with van der Waals surface area (Å²) in [7, 11) is 0. The molecule has 0 aromatic carbocycles. The summed E-state index contributed by atoms with van der Waals surface area (Å²) in [6, 6.07) is 0. The van der Waals surface area contributed by atoms with Crippen molar-refractivity contribution in [1.29, 1.82) is 0 Å². The van der Waals surface area contributed by atoms with Crippen LogP contribution in [0, 0.1) is 0 Å². The standard InChI is InChI=1S/2C10H22S.2CH3.Sn/c2*1-2-3-4-5-6-7-8-9-10-11;;;/h2*11H,2-10H2,1H3;2*1H3;/q;;;;+2/p-2. The fourth-order valence-corrected chi connectivity index (χ4v) is 2.88. The molecule has 0 fully saturated rings. The van der Waals surface area contributed by atoms with Crippen LogP contribution in [0.25, 0.3) is 0 Å². The van der Waals surface area contributed by atoms with E-state index in [9.17, 15) is 0 Å². The van der Waals surface area contributed by atoms with Crippen LogP contribution in [0.1, 0.15) is 117 Å². The molecule has 0 saturated heterocycles. The second-order valence-electron chi connectivity index (χ2n) is 6.86. The van der Waals surface area contributed by atoms with Crippen LogP contribution in [0.3, 0.4) is 0 Å². The first-order valence-corrected chi connectivity index (χ1v) is 17.9. The third kappa shape index (κ3) is 46.0. The van der Waals surface area contributed by atoms with E-state index in [1.54, 1.807) is 0 Å². The van der Waals surface area contributed by atoms with Crippen LogP contribution in [0.5, 0.6) is 0 Å². The minimum atomic E-state index is 0.230. The SMILES string of the molecule is CCCCCCCCCC[S-].CCCCCCCCCC[S-].[CH3][Sn+2][CH3]. The summed E-state index contributed by atoms with van der Waals surface area (Å²) in [5, 5.41) is 0. The van der Waals surface area contributed by atoms with E-state index < -0.39 is 0 Å². The molecule has 0 bridgehead atoms. The molecule has 0 nitrogen and oxygen atoms in total. The fourth-order valence-electron chi connectivity index (χ4n) is 2.47. The molecule has 0 atom stereocenters. The Kier molecular flexibility index (Phi) is 45.5. The van der Waals surface area contributed by atoms with E-state index in [0.717, 1.165) is 11.5 Å². The molecule has 0 aliphatic rings. The van der Waals surface area contributed by atoms with Gasteiger partial charge >= 0.3 is 31.0 Å². The Bertz CT molecular complexity index is 143. The maximum atomic E-state index is 4.87. The summed E-state index contributed by atoms with van der Waals surface area (Å²) >= 11 is 9.97. The molecule has 0 amide bonds. The summed E-state index contributed by atoms with van der Waals surface area (Å²) in [6.07, 6.45) is 22.2. The Labute approximate surface area is 183 Å². The maximum absolute atomic E-state index is 4.87. The van der Waals surface area contributed by atoms with Gasteiger partial charge < -0.3 is 25.3 Å². The Hall–Kier alpha value is 1.50. The van der Waals surface area contributed by atoms with Gasteiger partial charge in [-0.2, -0.15) is 11.5 Å². The molecule has 0 aliphatic carbocycles. The zero-order valence-electron chi connectivity index (χ0n) is 18.0. The van der Waals surface area contributed by atoms with Crippen LogP contribution < -0.4 is 0 Å². The Morgan fingerprint density at radius 2 is 0.640 bits per heavy atom. The van der Waals surface area contributed by atoms with Crippen LogP contribution in [-0.2, 0) is 25.3 Å². The number of rotatable bonds is 16. The van der Waals surface area contributed by atoms with Crippen molar-refractivity contribution in [3.8, 4) is 0 Å². The van der Waals surface area contributed by atoms with Crippen molar-refractivity contribution in [2.24, 2.45) is 0 Å². The number of hydrogen-bond acceptors (Lipinski definition) is 2. The molecule has 0 aliphatic heterocycles. The average Bonchev–Trinajstić information content (AvgIpc) is 2.62. The van der Waals surface area contributed by atoms with Crippen LogP contribution in [-0.4, -0.2) is 32.6 Å². The van der Waals surface area contributed by atoms with Crippen LogP contribution in [0.15, 0.2) is 0 Å². The summed E-state index contributed by atoms with van der Waals surface area (Å²) in [6.45, 7) is 4.52. The Morgan fingerprint density at radius 3 is 0.840 bits per heavy atom. The molecule has 0 spiro atoms. The van der Waals surface area contributed by atoms with E-state index in [4.69, 9.17) is 25.3 Å². The van der Waals surface area contributed by atoms with Gasteiger partial charge in [-0.25, -0.2) is 0 Å². The van der Waals surface area contributed by atoms with Crippen molar-refractivity contribution in [1.82, 2.24) is 0 Å². The van der Waals surface area contributed by atoms with E-state index >= 15 is 0 Å². The van der Waals surface area contributed by atoms with Crippen molar-refractivity contribution in [3.05, 3.63) is 0 Å². The van der Waals surface area contributed by atoms with Crippen molar-refractivity contribution in [2.45, 2.75) is 126 Å².